The van der Waals surface area contributed by atoms with Gasteiger partial charge >= 0.3 is 5.97 Å². The van der Waals surface area contributed by atoms with Gasteiger partial charge in [0.05, 0.1) is 29.0 Å². The molecule has 3 N–H and O–H groups in total. The van der Waals surface area contributed by atoms with Crippen LogP contribution in [0.2, 0.25) is 0 Å². The van der Waals surface area contributed by atoms with Gasteiger partial charge in [-0.1, -0.05) is 6.92 Å². The molecule has 0 bridgehead atoms. The molecule has 6 rings (SSSR count). The minimum absolute atomic E-state index is 0.0696. The molecule has 2 aliphatic heterocycles. The fraction of sp³-hybridized carbons (Fsp3) is 0.348. The van der Waals surface area contributed by atoms with Crippen LogP contribution in [0.4, 0.5) is 10.1 Å². The van der Waals surface area contributed by atoms with E-state index < -0.39 is 17.7 Å². The molecule has 158 valence electrons. The summed E-state index contributed by atoms with van der Waals surface area (Å²) in [6.07, 6.45) is -0.236. The highest BCUT2D eigenvalue weighted by Crippen LogP contribution is 2.46. The van der Waals surface area contributed by atoms with E-state index in [1.165, 1.54) is 4.57 Å². The highest BCUT2D eigenvalue weighted by Gasteiger charge is 2.45. The van der Waals surface area contributed by atoms with Crippen LogP contribution < -0.4 is 11.3 Å². The lowest BCUT2D eigenvalue weighted by Gasteiger charge is -2.31. The van der Waals surface area contributed by atoms with Crippen molar-refractivity contribution >= 4 is 22.6 Å². The topological polar surface area (TPSA) is 107 Å². The third-order valence-electron chi connectivity index (χ3n) is 7.00. The first-order valence-corrected chi connectivity index (χ1v) is 10.4. The van der Waals surface area contributed by atoms with Crippen molar-refractivity contribution in [1.29, 1.82) is 0 Å². The Morgan fingerprint density at radius 2 is 2.13 bits per heavy atom. The molecule has 2 aromatic heterocycles. The number of anilines is 1. The maximum atomic E-state index is 15.2. The van der Waals surface area contributed by atoms with Crippen molar-refractivity contribution < 1.29 is 19.0 Å². The second kappa shape index (κ2) is 5.91. The van der Waals surface area contributed by atoms with Crippen LogP contribution in [0.5, 0.6) is 0 Å². The van der Waals surface area contributed by atoms with Crippen LogP contribution in [0, 0.1) is 0 Å². The van der Waals surface area contributed by atoms with Crippen molar-refractivity contribution in [2.45, 2.75) is 51.1 Å². The summed E-state index contributed by atoms with van der Waals surface area (Å²) in [4.78, 5) is 30.4. The molecule has 0 radical (unpaired) electrons. The molecule has 0 amide bonds. The van der Waals surface area contributed by atoms with Crippen LogP contribution in [-0.4, -0.2) is 20.6 Å². The number of benzene rings is 1. The van der Waals surface area contributed by atoms with E-state index in [2.05, 4.69) is 0 Å². The molecule has 8 heteroatoms. The van der Waals surface area contributed by atoms with Crippen LogP contribution in [0.15, 0.2) is 23.0 Å². The number of hydrogen-bond donors (Lipinski definition) is 2. The SMILES string of the molecule is CC[C@@]1(O)C(=O)OCc2c1cc1n(c2=O)Cc2c-1nc1ccc(N)c3c1c2[C@H](F)CC3. The lowest BCUT2D eigenvalue weighted by atomic mass is 9.84. The van der Waals surface area contributed by atoms with Crippen LogP contribution in [0.1, 0.15) is 53.8 Å². The summed E-state index contributed by atoms with van der Waals surface area (Å²) in [5.74, 6) is -0.768. The maximum Gasteiger partial charge on any atom is 0.343 e. The highest BCUT2D eigenvalue weighted by molar-refractivity contribution is 5.95. The minimum atomic E-state index is -1.89. The van der Waals surface area contributed by atoms with Gasteiger partial charge in [0.2, 0.25) is 0 Å². The molecule has 0 spiro atoms. The molecule has 0 fully saturated rings. The number of aromatic nitrogens is 2. The second-order valence-corrected chi connectivity index (χ2v) is 8.49. The van der Waals surface area contributed by atoms with Crippen molar-refractivity contribution in [3.63, 3.8) is 0 Å². The summed E-state index contributed by atoms with van der Waals surface area (Å²) < 4.78 is 21.9. The average molecular weight is 421 g/mol. The molecule has 4 heterocycles. The Morgan fingerprint density at radius 1 is 1.32 bits per heavy atom. The first-order valence-electron chi connectivity index (χ1n) is 10.4. The molecule has 7 nitrogen and oxygen atoms in total. The van der Waals surface area contributed by atoms with Gasteiger partial charge < -0.3 is 20.1 Å². The molecule has 31 heavy (non-hydrogen) atoms. The zero-order valence-electron chi connectivity index (χ0n) is 16.9. The predicted octanol–water partition coefficient (Wildman–Crippen LogP) is 2.62. The zero-order chi connectivity index (χ0) is 21.7. The molecule has 2 atom stereocenters. The van der Waals surface area contributed by atoms with E-state index in [9.17, 15) is 14.7 Å². The number of pyridine rings is 2. The number of aliphatic hydroxyl groups is 1. The van der Waals surface area contributed by atoms with E-state index in [-0.39, 0.29) is 36.3 Å². The third-order valence-corrected chi connectivity index (χ3v) is 7.00. The Kier molecular flexibility index (Phi) is 3.53. The van der Waals surface area contributed by atoms with E-state index in [0.717, 1.165) is 10.9 Å². The zero-order valence-corrected chi connectivity index (χ0v) is 16.9. The molecule has 3 aliphatic rings. The first-order chi connectivity index (χ1) is 14.8. The normalized spacial score (nSPS) is 23.3. The number of halogens is 1. The fourth-order valence-electron chi connectivity index (χ4n) is 5.32. The summed E-state index contributed by atoms with van der Waals surface area (Å²) in [6.45, 7) is 1.65. The van der Waals surface area contributed by atoms with Crippen LogP contribution >= 0.6 is 0 Å². The van der Waals surface area contributed by atoms with Gasteiger partial charge in [-0.2, -0.15) is 0 Å². The smallest absolute Gasteiger partial charge is 0.343 e. The number of carbonyl (C=O) groups excluding carboxylic acids is 1. The van der Waals surface area contributed by atoms with Crippen LogP contribution in [0.3, 0.4) is 0 Å². The number of rotatable bonds is 1. The van der Waals surface area contributed by atoms with Crippen molar-refractivity contribution in [1.82, 2.24) is 9.55 Å². The van der Waals surface area contributed by atoms with Crippen LogP contribution in [0.25, 0.3) is 22.3 Å². The molecule has 1 aliphatic carbocycles. The van der Waals surface area contributed by atoms with Gasteiger partial charge in [-0.25, -0.2) is 14.2 Å². The van der Waals surface area contributed by atoms with Crippen molar-refractivity contribution in [3.05, 3.63) is 56.4 Å². The molecule has 0 saturated carbocycles. The number of carbonyl (C=O) groups is 1. The quantitative estimate of drug-likeness (QED) is 0.361. The Bertz CT molecular complexity index is 1400. The molecular weight excluding hydrogens is 401 g/mol. The molecule has 1 aromatic carbocycles. The van der Waals surface area contributed by atoms with Gasteiger partial charge in [-0.15, -0.1) is 0 Å². The second-order valence-electron chi connectivity index (χ2n) is 8.49. The Balaban J connectivity index is 1.69. The van der Waals surface area contributed by atoms with Crippen molar-refractivity contribution in [3.8, 4) is 11.4 Å². The monoisotopic (exact) mass is 421 g/mol. The lowest BCUT2D eigenvalue weighted by molar-refractivity contribution is -0.172. The number of esters is 1. The number of hydrogen-bond acceptors (Lipinski definition) is 6. The molecule has 3 aromatic rings. The number of cyclic esters (lactones) is 1. The third kappa shape index (κ3) is 2.18. The predicted molar refractivity (Wildman–Crippen MR) is 111 cm³/mol. The lowest BCUT2D eigenvalue weighted by Crippen LogP contribution is -2.44. The number of nitrogen functional groups attached to an aromatic ring is 1. The minimum Gasteiger partial charge on any atom is -0.458 e. The Hall–Kier alpha value is -3.26. The number of fused-ring (bicyclic) bond motifs is 5. The van der Waals surface area contributed by atoms with Crippen LogP contribution in [-0.2, 0) is 34.7 Å². The summed E-state index contributed by atoms with van der Waals surface area (Å²) >= 11 is 0. The number of ether oxygens (including phenoxy) is 1. The Labute approximate surface area is 176 Å². The van der Waals surface area contributed by atoms with Gasteiger partial charge in [0.15, 0.2) is 5.60 Å². The number of nitrogens with zero attached hydrogens (tertiary/aromatic N) is 2. The van der Waals surface area contributed by atoms with Crippen molar-refractivity contribution in [2.75, 3.05) is 5.73 Å². The van der Waals surface area contributed by atoms with E-state index in [1.54, 1.807) is 25.1 Å². The summed E-state index contributed by atoms with van der Waals surface area (Å²) in [5.41, 5.74) is 8.78. The highest BCUT2D eigenvalue weighted by atomic mass is 19.1. The number of aryl methyl sites for hydroxylation is 1. The van der Waals surface area contributed by atoms with Gasteiger partial charge in [0.25, 0.3) is 5.56 Å². The first kappa shape index (κ1) is 18.5. The van der Waals surface area contributed by atoms with E-state index in [0.29, 0.717) is 46.6 Å². The van der Waals surface area contributed by atoms with E-state index in [1.807, 2.05) is 0 Å². The van der Waals surface area contributed by atoms with E-state index in [4.69, 9.17) is 15.5 Å². The Morgan fingerprint density at radius 3 is 2.90 bits per heavy atom. The van der Waals surface area contributed by atoms with Gasteiger partial charge in [-0.3, -0.25) is 4.79 Å². The van der Waals surface area contributed by atoms with Crippen molar-refractivity contribution in [2.24, 2.45) is 0 Å². The number of alkyl halides is 1. The molecule has 0 saturated heterocycles. The largest absolute Gasteiger partial charge is 0.458 e. The van der Waals surface area contributed by atoms with Gasteiger partial charge in [0.1, 0.15) is 12.8 Å². The van der Waals surface area contributed by atoms with Gasteiger partial charge in [-0.05, 0) is 43.0 Å². The molecular formula is C23H20FN3O4. The number of nitrogens with two attached hydrogens (primary N) is 1. The summed E-state index contributed by atoms with van der Waals surface area (Å²) in [7, 11) is 0. The van der Waals surface area contributed by atoms with E-state index >= 15 is 4.39 Å². The molecule has 0 unspecified atom stereocenters. The summed E-state index contributed by atoms with van der Waals surface area (Å²) in [5, 5.41) is 11.7. The average Bonchev–Trinajstić information content (AvgIpc) is 3.13. The fourth-order valence-corrected chi connectivity index (χ4v) is 5.32. The van der Waals surface area contributed by atoms with Gasteiger partial charge in [0, 0.05) is 27.8 Å². The summed E-state index contributed by atoms with van der Waals surface area (Å²) in [6, 6.07) is 5.20. The maximum absolute atomic E-state index is 15.2. The standard InChI is InChI=1S/C23H20FN3O4/c1-2-23(30)13-7-17-20-11(8-27(17)21(28)12(13)9-31-22(23)29)18-14(24)4-3-10-15(25)5-6-16(26-20)19(10)18/h5-7,14,30H,2-4,8-9,25H2,1H3/t14-,23+/m1/s1.